The van der Waals surface area contributed by atoms with Gasteiger partial charge in [0.05, 0.1) is 12.6 Å². The lowest BCUT2D eigenvalue weighted by atomic mass is 10.2. The molecule has 6 heteroatoms. The quantitative estimate of drug-likeness (QED) is 0.780. The minimum atomic E-state index is -0.302. The van der Waals surface area contributed by atoms with E-state index in [0.717, 1.165) is 19.4 Å². The monoisotopic (exact) mass is 282 g/mol. The minimum absolute atomic E-state index is 0.135. The summed E-state index contributed by atoms with van der Waals surface area (Å²) in [6.45, 7) is 2.03. The van der Waals surface area contributed by atoms with Crippen LogP contribution in [0.15, 0.2) is 24.3 Å². The Morgan fingerprint density at radius 3 is 2.85 bits per heavy atom. The van der Waals surface area contributed by atoms with E-state index in [-0.39, 0.29) is 18.0 Å². The van der Waals surface area contributed by atoms with Crippen molar-refractivity contribution in [2.24, 2.45) is 0 Å². The van der Waals surface area contributed by atoms with Crippen molar-refractivity contribution >= 4 is 6.03 Å². The first-order valence-electron chi connectivity index (χ1n) is 6.76. The van der Waals surface area contributed by atoms with Crippen LogP contribution in [0, 0.1) is 5.82 Å². The molecule has 0 aliphatic carbocycles. The zero-order chi connectivity index (χ0) is 14.2. The second kappa shape index (κ2) is 7.69. The van der Waals surface area contributed by atoms with Gasteiger partial charge in [0.25, 0.3) is 0 Å². The molecule has 0 bridgehead atoms. The molecular formula is C14H19FN2O3. The van der Waals surface area contributed by atoms with E-state index in [1.54, 1.807) is 12.1 Å². The van der Waals surface area contributed by atoms with E-state index in [0.29, 0.717) is 25.4 Å². The molecule has 110 valence electrons. The first-order valence-corrected chi connectivity index (χ1v) is 6.76. The lowest BCUT2D eigenvalue weighted by molar-refractivity contribution is 0.111. The molecule has 2 rings (SSSR count). The summed E-state index contributed by atoms with van der Waals surface area (Å²) in [5, 5.41) is 5.43. The molecule has 5 nitrogen and oxygen atoms in total. The molecule has 1 aromatic rings. The van der Waals surface area contributed by atoms with Crippen molar-refractivity contribution in [3.63, 3.8) is 0 Å². The van der Waals surface area contributed by atoms with Crippen molar-refractivity contribution in [2.75, 3.05) is 26.3 Å². The number of hydrogen-bond acceptors (Lipinski definition) is 3. The second-order valence-corrected chi connectivity index (χ2v) is 4.57. The van der Waals surface area contributed by atoms with Crippen molar-refractivity contribution in [2.45, 2.75) is 18.9 Å². The molecule has 1 aromatic carbocycles. The summed E-state index contributed by atoms with van der Waals surface area (Å²) in [6, 6.07) is 5.52. The highest BCUT2D eigenvalue weighted by Crippen LogP contribution is 2.11. The number of halogens is 1. The third kappa shape index (κ3) is 5.05. The van der Waals surface area contributed by atoms with E-state index in [9.17, 15) is 9.18 Å². The summed E-state index contributed by atoms with van der Waals surface area (Å²) < 4.78 is 23.4. The molecule has 1 aliphatic heterocycles. The van der Waals surface area contributed by atoms with Gasteiger partial charge in [-0.1, -0.05) is 0 Å². The van der Waals surface area contributed by atoms with Crippen LogP contribution in [0.25, 0.3) is 0 Å². The summed E-state index contributed by atoms with van der Waals surface area (Å²) in [7, 11) is 0. The van der Waals surface area contributed by atoms with Crippen LogP contribution in [0.1, 0.15) is 12.8 Å². The third-order valence-corrected chi connectivity index (χ3v) is 2.98. The predicted molar refractivity (Wildman–Crippen MR) is 72.3 cm³/mol. The lowest BCUT2D eigenvalue weighted by Gasteiger charge is -2.12. The Balaban J connectivity index is 1.53. The van der Waals surface area contributed by atoms with Gasteiger partial charge in [0, 0.05) is 13.2 Å². The van der Waals surface area contributed by atoms with Crippen molar-refractivity contribution in [1.82, 2.24) is 10.6 Å². The van der Waals surface area contributed by atoms with Crippen molar-refractivity contribution in [3.05, 3.63) is 30.1 Å². The minimum Gasteiger partial charge on any atom is -0.492 e. The lowest BCUT2D eigenvalue weighted by Crippen LogP contribution is -2.41. The van der Waals surface area contributed by atoms with Crippen LogP contribution in [0.2, 0.25) is 0 Å². The third-order valence-electron chi connectivity index (χ3n) is 2.98. The van der Waals surface area contributed by atoms with Crippen LogP contribution in [0.3, 0.4) is 0 Å². The topological polar surface area (TPSA) is 59.6 Å². The molecule has 1 atom stereocenters. The molecule has 1 aliphatic rings. The number of nitrogens with one attached hydrogen (secondary N) is 2. The zero-order valence-electron chi connectivity index (χ0n) is 11.2. The van der Waals surface area contributed by atoms with Gasteiger partial charge in [-0.25, -0.2) is 9.18 Å². The Kier molecular flexibility index (Phi) is 5.61. The fraction of sp³-hybridized carbons (Fsp3) is 0.500. The highest BCUT2D eigenvalue weighted by Gasteiger charge is 2.15. The summed E-state index contributed by atoms with van der Waals surface area (Å²) in [4.78, 5) is 11.5. The number of ether oxygens (including phenoxy) is 2. The van der Waals surface area contributed by atoms with Crippen molar-refractivity contribution in [3.8, 4) is 5.75 Å². The first kappa shape index (κ1) is 14.6. The van der Waals surface area contributed by atoms with Gasteiger partial charge in [-0.05, 0) is 37.1 Å². The van der Waals surface area contributed by atoms with E-state index in [1.165, 1.54) is 12.1 Å². The van der Waals surface area contributed by atoms with Crippen LogP contribution in [0.4, 0.5) is 9.18 Å². The van der Waals surface area contributed by atoms with Crippen LogP contribution in [-0.4, -0.2) is 38.4 Å². The summed E-state index contributed by atoms with van der Waals surface area (Å²) in [5.74, 6) is 0.275. The standard InChI is InChI=1S/C14H19FN2O3/c15-11-3-5-12(6-4-11)20-9-7-16-14(18)17-10-13-2-1-8-19-13/h3-6,13H,1-2,7-10H2,(H2,16,17,18). The number of carbonyl (C=O) groups excluding carboxylic acids is 1. The Hall–Kier alpha value is -1.82. The smallest absolute Gasteiger partial charge is 0.315 e. The highest BCUT2D eigenvalue weighted by atomic mass is 19.1. The molecule has 20 heavy (non-hydrogen) atoms. The summed E-state index contributed by atoms with van der Waals surface area (Å²) >= 11 is 0. The summed E-state index contributed by atoms with van der Waals surface area (Å²) in [5.41, 5.74) is 0. The van der Waals surface area contributed by atoms with Gasteiger partial charge >= 0.3 is 6.03 Å². The van der Waals surface area contributed by atoms with Crippen molar-refractivity contribution < 1.29 is 18.7 Å². The van der Waals surface area contributed by atoms with Crippen LogP contribution >= 0.6 is 0 Å². The molecule has 0 spiro atoms. The van der Waals surface area contributed by atoms with Gasteiger partial charge in [-0.2, -0.15) is 0 Å². The summed E-state index contributed by atoms with van der Waals surface area (Å²) in [6.07, 6.45) is 2.18. The van der Waals surface area contributed by atoms with E-state index in [1.807, 2.05) is 0 Å². The number of urea groups is 1. The fourth-order valence-electron chi connectivity index (χ4n) is 1.94. The SMILES string of the molecule is O=C(NCCOc1ccc(F)cc1)NCC1CCCO1. The largest absolute Gasteiger partial charge is 0.492 e. The fourth-order valence-corrected chi connectivity index (χ4v) is 1.94. The molecule has 1 heterocycles. The molecule has 1 unspecified atom stereocenters. The zero-order valence-corrected chi connectivity index (χ0v) is 11.2. The maximum Gasteiger partial charge on any atom is 0.315 e. The Labute approximate surface area is 117 Å². The van der Waals surface area contributed by atoms with Gasteiger partial charge in [0.2, 0.25) is 0 Å². The number of hydrogen-bond donors (Lipinski definition) is 2. The Morgan fingerprint density at radius 2 is 2.15 bits per heavy atom. The van der Waals surface area contributed by atoms with E-state index in [4.69, 9.17) is 9.47 Å². The van der Waals surface area contributed by atoms with E-state index < -0.39 is 0 Å². The molecule has 0 aromatic heterocycles. The predicted octanol–water partition coefficient (Wildman–Crippen LogP) is 1.68. The molecule has 1 fully saturated rings. The average molecular weight is 282 g/mol. The Bertz CT molecular complexity index is 419. The van der Waals surface area contributed by atoms with Crippen LogP contribution in [0.5, 0.6) is 5.75 Å². The Morgan fingerprint density at radius 1 is 1.35 bits per heavy atom. The van der Waals surface area contributed by atoms with E-state index >= 15 is 0 Å². The molecule has 0 radical (unpaired) electrons. The maximum absolute atomic E-state index is 12.7. The van der Waals surface area contributed by atoms with Gasteiger partial charge in [-0.15, -0.1) is 0 Å². The van der Waals surface area contributed by atoms with Gasteiger partial charge in [0.15, 0.2) is 0 Å². The normalized spacial score (nSPS) is 17.8. The van der Waals surface area contributed by atoms with Gasteiger partial charge in [-0.3, -0.25) is 0 Å². The molecule has 2 amide bonds. The van der Waals surface area contributed by atoms with Crippen LogP contribution < -0.4 is 15.4 Å². The number of rotatable bonds is 6. The maximum atomic E-state index is 12.7. The average Bonchev–Trinajstić information content (AvgIpc) is 2.96. The number of amides is 2. The molecule has 2 N–H and O–H groups in total. The highest BCUT2D eigenvalue weighted by molar-refractivity contribution is 5.73. The van der Waals surface area contributed by atoms with Crippen LogP contribution in [-0.2, 0) is 4.74 Å². The molecule has 1 saturated heterocycles. The van der Waals surface area contributed by atoms with Gasteiger partial charge < -0.3 is 20.1 Å². The number of benzene rings is 1. The molecular weight excluding hydrogens is 263 g/mol. The second-order valence-electron chi connectivity index (χ2n) is 4.57. The van der Waals surface area contributed by atoms with Crippen molar-refractivity contribution in [1.29, 1.82) is 0 Å². The van der Waals surface area contributed by atoms with Gasteiger partial charge in [0.1, 0.15) is 18.2 Å². The van der Waals surface area contributed by atoms with E-state index in [2.05, 4.69) is 10.6 Å². The molecule has 0 saturated carbocycles. The first-order chi connectivity index (χ1) is 9.74. The number of carbonyl (C=O) groups is 1.